The SMILES string of the molecule is CCCCCCCC/C=C\CCCCCCCCCC(=O)OCCCCCCCCCCCCCCCCCCCCCCCCCCC(=O)NC(CO)C(O)CCCCCCCCCCCC. The van der Waals surface area contributed by atoms with Gasteiger partial charge in [0.2, 0.25) is 5.91 Å². The van der Waals surface area contributed by atoms with E-state index in [0.29, 0.717) is 25.9 Å². The highest BCUT2D eigenvalue weighted by Crippen LogP contribution is 2.18. The molecule has 2 atom stereocenters. The maximum absolute atomic E-state index is 12.4. The Bertz CT molecular complexity index is 1020. The molecule has 0 saturated carbocycles. The van der Waals surface area contributed by atoms with E-state index in [0.717, 1.165) is 44.9 Å². The van der Waals surface area contributed by atoms with Crippen LogP contribution in [0.2, 0.25) is 0 Å². The van der Waals surface area contributed by atoms with Crippen LogP contribution in [0.1, 0.15) is 348 Å². The minimum atomic E-state index is -0.661. The average Bonchev–Trinajstić information content (AvgIpc) is 3.34. The molecule has 404 valence electrons. The Kier molecular flexibility index (Phi) is 57.0. The highest BCUT2D eigenvalue weighted by molar-refractivity contribution is 5.76. The van der Waals surface area contributed by atoms with E-state index in [9.17, 15) is 19.8 Å². The van der Waals surface area contributed by atoms with Crippen molar-refractivity contribution in [2.75, 3.05) is 13.2 Å². The Hall–Kier alpha value is -1.40. The first-order chi connectivity index (χ1) is 33.5. The summed E-state index contributed by atoms with van der Waals surface area (Å²) in [6.07, 6.45) is 69.4. The molecule has 1 amide bonds. The molecule has 0 aromatic rings. The van der Waals surface area contributed by atoms with Crippen molar-refractivity contribution in [1.29, 1.82) is 0 Å². The Balaban J connectivity index is 3.32. The number of hydrogen-bond donors (Lipinski definition) is 3. The molecule has 6 heteroatoms. The van der Waals surface area contributed by atoms with Gasteiger partial charge in [-0.15, -0.1) is 0 Å². The van der Waals surface area contributed by atoms with Crippen molar-refractivity contribution < 1.29 is 24.5 Å². The summed E-state index contributed by atoms with van der Waals surface area (Å²) < 4.78 is 5.49. The average molecular weight is 961 g/mol. The first-order valence-electron chi connectivity index (χ1n) is 30.9. The van der Waals surface area contributed by atoms with Crippen molar-refractivity contribution in [3.05, 3.63) is 12.2 Å². The molecule has 0 heterocycles. The number of amides is 1. The smallest absolute Gasteiger partial charge is 0.305 e. The molecule has 68 heavy (non-hydrogen) atoms. The van der Waals surface area contributed by atoms with E-state index >= 15 is 0 Å². The van der Waals surface area contributed by atoms with Crippen LogP contribution in [0, 0.1) is 0 Å². The monoisotopic (exact) mass is 960 g/mol. The minimum Gasteiger partial charge on any atom is -0.466 e. The van der Waals surface area contributed by atoms with Gasteiger partial charge in [0.15, 0.2) is 0 Å². The summed E-state index contributed by atoms with van der Waals surface area (Å²) in [6, 6.07) is -0.538. The zero-order chi connectivity index (χ0) is 49.3. The van der Waals surface area contributed by atoms with E-state index in [1.807, 2.05) is 0 Å². The van der Waals surface area contributed by atoms with Gasteiger partial charge in [0, 0.05) is 12.8 Å². The Morgan fingerprint density at radius 1 is 0.397 bits per heavy atom. The largest absolute Gasteiger partial charge is 0.466 e. The van der Waals surface area contributed by atoms with Crippen molar-refractivity contribution in [3.63, 3.8) is 0 Å². The molecule has 0 bridgehead atoms. The summed E-state index contributed by atoms with van der Waals surface area (Å²) in [6.45, 7) is 4.95. The minimum absolute atomic E-state index is 0.0126. The van der Waals surface area contributed by atoms with Crippen LogP contribution >= 0.6 is 0 Å². The van der Waals surface area contributed by atoms with E-state index < -0.39 is 12.1 Å². The van der Waals surface area contributed by atoms with Gasteiger partial charge >= 0.3 is 5.97 Å². The van der Waals surface area contributed by atoms with E-state index in [1.165, 1.54) is 270 Å². The fourth-order valence-electron chi connectivity index (χ4n) is 9.81. The number of nitrogens with one attached hydrogen (secondary N) is 1. The third-order valence-corrected chi connectivity index (χ3v) is 14.6. The van der Waals surface area contributed by atoms with Crippen LogP contribution in [0.5, 0.6) is 0 Å². The van der Waals surface area contributed by atoms with Crippen LogP contribution in [-0.2, 0) is 14.3 Å². The molecule has 0 saturated heterocycles. The summed E-state index contributed by atoms with van der Waals surface area (Å²) in [4.78, 5) is 24.5. The third kappa shape index (κ3) is 53.9. The van der Waals surface area contributed by atoms with E-state index in [-0.39, 0.29) is 18.5 Å². The van der Waals surface area contributed by atoms with Gasteiger partial charge in [0.25, 0.3) is 0 Å². The Morgan fingerprint density at radius 2 is 0.691 bits per heavy atom. The lowest BCUT2D eigenvalue weighted by atomic mass is 10.0. The molecular weight excluding hydrogens is 839 g/mol. The van der Waals surface area contributed by atoms with Crippen molar-refractivity contribution in [3.8, 4) is 0 Å². The predicted molar refractivity (Wildman–Crippen MR) is 297 cm³/mol. The number of esters is 1. The van der Waals surface area contributed by atoms with Crippen molar-refractivity contribution in [1.82, 2.24) is 5.32 Å². The first-order valence-corrected chi connectivity index (χ1v) is 30.9. The molecule has 0 aliphatic carbocycles. The molecule has 2 unspecified atom stereocenters. The molecule has 0 aromatic heterocycles. The second-order valence-corrected chi connectivity index (χ2v) is 21.4. The predicted octanol–water partition coefficient (Wildman–Crippen LogP) is 19.2. The zero-order valence-corrected chi connectivity index (χ0v) is 46.1. The fraction of sp³-hybridized carbons (Fsp3) is 0.935. The second kappa shape index (κ2) is 58.2. The van der Waals surface area contributed by atoms with Gasteiger partial charge in [-0.05, 0) is 51.4 Å². The summed E-state index contributed by atoms with van der Waals surface area (Å²) in [5.74, 6) is -0.0214. The summed E-state index contributed by atoms with van der Waals surface area (Å²) in [7, 11) is 0. The summed E-state index contributed by atoms with van der Waals surface area (Å²) >= 11 is 0. The number of allylic oxidation sites excluding steroid dienone is 2. The number of carbonyl (C=O) groups is 2. The van der Waals surface area contributed by atoms with E-state index in [2.05, 4.69) is 31.3 Å². The van der Waals surface area contributed by atoms with Crippen LogP contribution < -0.4 is 5.32 Å². The number of rotatable bonds is 58. The molecule has 0 spiro atoms. The molecular formula is C62H121NO5. The molecule has 0 radical (unpaired) electrons. The quantitative estimate of drug-likeness (QED) is 0.0321. The zero-order valence-electron chi connectivity index (χ0n) is 46.1. The molecule has 0 aromatic carbocycles. The van der Waals surface area contributed by atoms with Gasteiger partial charge < -0.3 is 20.3 Å². The van der Waals surface area contributed by atoms with Crippen LogP contribution in [0.4, 0.5) is 0 Å². The number of ether oxygens (including phenoxy) is 1. The number of unbranched alkanes of at least 4 members (excludes halogenated alkanes) is 45. The Labute approximate surface area is 425 Å². The van der Waals surface area contributed by atoms with Crippen LogP contribution in [0.3, 0.4) is 0 Å². The van der Waals surface area contributed by atoms with Gasteiger partial charge in [0.05, 0.1) is 25.4 Å². The van der Waals surface area contributed by atoms with Gasteiger partial charge in [0.1, 0.15) is 0 Å². The lowest BCUT2D eigenvalue weighted by Gasteiger charge is -2.22. The van der Waals surface area contributed by atoms with Crippen molar-refractivity contribution in [2.45, 2.75) is 360 Å². The molecule has 3 N–H and O–H groups in total. The summed E-state index contributed by atoms with van der Waals surface area (Å²) in [5, 5.41) is 23.2. The Morgan fingerprint density at radius 3 is 1.04 bits per heavy atom. The second-order valence-electron chi connectivity index (χ2n) is 21.4. The van der Waals surface area contributed by atoms with Crippen molar-refractivity contribution >= 4 is 11.9 Å². The standard InChI is InChI=1S/C62H121NO5/c1-3-5-7-9-11-13-15-16-17-26-30-33-36-40-44-48-52-56-62(67)68-57-53-49-45-41-37-34-31-28-25-23-21-19-18-20-22-24-27-29-32-35-39-43-47-51-55-61(66)63-59(58-64)60(65)54-50-46-42-38-14-12-10-8-6-4-2/h16-17,59-60,64-65H,3-15,18-58H2,1-2H3,(H,63,66)/b17-16-. The molecule has 6 nitrogen and oxygen atoms in total. The van der Waals surface area contributed by atoms with Gasteiger partial charge in [-0.2, -0.15) is 0 Å². The van der Waals surface area contributed by atoms with Crippen LogP contribution in [0.25, 0.3) is 0 Å². The summed E-state index contributed by atoms with van der Waals surface area (Å²) in [5.41, 5.74) is 0. The lowest BCUT2D eigenvalue weighted by Crippen LogP contribution is -2.45. The molecule has 0 fully saturated rings. The molecule has 0 rings (SSSR count). The van der Waals surface area contributed by atoms with Crippen LogP contribution in [-0.4, -0.2) is 47.4 Å². The van der Waals surface area contributed by atoms with E-state index in [1.54, 1.807) is 0 Å². The normalized spacial score (nSPS) is 12.6. The molecule has 0 aliphatic rings. The maximum Gasteiger partial charge on any atom is 0.305 e. The topological polar surface area (TPSA) is 95.9 Å². The molecule has 0 aliphatic heterocycles. The highest BCUT2D eigenvalue weighted by atomic mass is 16.5. The first kappa shape index (κ1) is 66.6. The van der Waals surface area contributed by atoms with Gasteiger partial charge in [-0.3, -0.25) is 9.59 Å². The number of aliphatic hydroxyl groups excluding tert-OH is 2. The van der Waals surface area contributed by atoms with E-state index in [4.69, 9.17) is 4.74 Å². The van der Waals surface area contributed by atoms with Crippen LogP contribution in [0.15, 0.2) is 12.2 Å². The fourth-order valence-corrected chi connectivity index (χ4v) is 9.81. The van der Waals surface area contributed by atoms with Crippen molar-refractivity contribution in [2.24, 2.45) is 0 Å². The highest BCUT2D eigenvalue weighted by Gasteiger charge is 2.20. The van der Waals surface area contributed by atoms with Gasteiger partial charge in [-0.25, -0.2) is 0 Å². The lowest BCUT2D eigenvalue weighted by molar-refractivity contribution is -0.143. The number of carbonyl (C=O) groups excluding carboxylic acids is 2. The maximum atomic E-state index is 12.4. The number of aliphatic hydroxyl groups is 2. The van der Waals surface area contributed by atoms with Gasteiger partial charge in [-0.1, -0.05) is 296 Å². The third-order valence-electron chi connectivity index (χ3n) is 14.6. The number of hydrogen-bond acceptors (Lipinski definition) is 5.